The van der Waals surface area contributed by atoms with Gasteiger partial charge in [-0.25, -0.2) is 0 Å². The van der Waals surface area contributed by atoms with Gasteiger partial charge in [-0.3, -0.25) is 0 Å². The van der Waals surface area contributed by atoms with E-state index in [1.807, 2.05) is 6.07 Å². The van der Waals surface area contributed by atoms with Crippen LogP contribution in [0.3, 0.4) is 0 Å². The molecular formula is C15H18N2O. The van der Waals surface area contributed by atoms with E-state index in [0.29, 0.717) is 5.92 Å². The molecule has 1 saturated heterocycles. The summed E-state index contributed by atoms with van der Waals surface area (Å²) in [5.41, 5.74) is 2.32. The highest BCUT2D eigenvalue weighted by molar-refractivity contribution is 5.22. The van der Waals surface area contributed by atoms with E-state index in [1.165, 1.54) is 5.56 Å². The highest BCUT2D eigenvalue weighted by atomic mass is 16.5. The van der Waals surface area contributed by atoms with Crippen molar-refractivity contribution in [2.45, 2.75) is 25.2 Å². The molecule has 0 unspecified atom stereocenters. The van der Waals surface area contributed by atoms with Gasteiger partial charge in [0.05, 0.1) is 5.69 Å². The Kier molecular flexibility index (Phi) is 3.42. The Balaban J connectivity index is 1.69. The number of nitrogens with zero attached hydrogens (tertiary/aromatic N) is 1. The number of benzene rings is 1. The number of rotatable bonds is 3. The quantitative estimate of drug-likeness (QED) is 0.899. The summed E-state index contributed by atoms with van der Waals surface area (Å²) in [4.78, 5) is 0. The van der Waals surface area contributed by atoms with Gasteiger partial charge in [0.25, 0.3) is 0 Å². The number of aromatic nitrogens is 1. The molecule has 18 heavy (non-hydrogen) atoms. The van der Waals surface area contributed by atoms with Gasteiger partial charge in [0.2, 0.25) is 0 Å². The van der Waals surface area contributed by atoms with Gasteiger partial charge in [0.1, 0.15) is 5.76 Å². The zero-order chi connectivity index (χ0) is 12.2. The summed E-state index contributed by atoms with van der Waals surface area (Å²) in [5.74, 6) is 1.60. The molecule has 0 atom stereocenters. The normalized spacial score (nSPS) is 16.9. The predicted octanol–water partition coefficient (Wildman–Crippen LogP) is 2.73. The van der Waals surface area contributed by atoms with E-state index in [-0.39, 0.29) is 0 Å². The molecule has 1 N–H and O–H groups in total. The van der Waals surface area contributed by atoms with Crippen molar-refractivity contribution in [2.75, 3.05) is 13.1 Å². The lowest BCUT2D eigenvalue weighted by atomic mass is 9.95. The molecule has 0 bridgehead atoms. The average Bonchev–Trinajstić information content (AvgIpc) is 2.89. The highest BCUT2D eigenvalue weighted by Gasteiger charge is 2.19. The Bertz CT molecular complexity index is 486. The predicted molar refractivity (Wildman–Crippen MR) is 70.6 cm³/mol. The van der Waals surface area contributed by atoms with E-state index in [4.69, 9.17) is 4.52 Å². The van der Waals surface area contributed by atoms with E-state index in [2.05, 4.69) is 40.8 Å². The van der Waals surface area contributed by atoms with Crippen molar-refractivity contribution in [3.05, 3.63) is 53.4 Å². The molecule has 1 fully saturated rings. The van der Waals surface area contributed by atoms with E-state index in [0.717, 1.165) is 43.8 Å². The van der Waals surface area contributed by atoms with Crippen LogP contribution in [0.2, 0.25) is 0 Å². The van der Waals surface area contributed by atoms with Gasteiger partial charge in [-0.2, -0.15) is 0 Å². The van der Waals surface area contributed by atoms with E-state index >= 15 is 0 Å². The minimum Gasteiger partial charge on any atom is -0.361 e. The molecule has 3 rings (SSSR count). The second-order valence-corrected chi connectivity index (χ2v) is 4.91. The van der Waals surface area contributed by atoms with Crippen LogP contribution >= 0.6 is 0 Å². The maximum absolute atomic E-state index is 5.50. The molecule has 2 heterocycles. The molecule has 94 valence electrons. The molecule has 0 aliphatic carbocycles. The van der Waals surface area contributed by atoms with Gasteiger partial charge in [0.15, 0.2) is 0 Å². The fourth-order valence-electron chi connectivity index (χ4n) is 2.52. The van der Waals surface area contributed by atoms with E-state index < -0.39 is 0 Å². The maximum Gasteiger partial charge on any atom is 0.140 e. The maximum atomic E-state index is 5.50. The van der Waals surface area contributed by atoms with Gasteiger partial charge in [-0.05, 0) is 31.5 Å². The molecule has 1 aromatic heterocycles. The largest absolute Gasteiger partial charge is 0.361 e. The number of hydrogen-bond donors (Lipinski definition) is 1. The Morgan fingerprint density at radius 1 is 1.17 bits per heavy atom. The molecule has 0 amide bonds. The lowest BCUT2D eigenvalue weighted by molar-refractivity contribution is 0.325. The van der Waals surface area contributed by atoms with Gasteiger partial charge in [-0.15, -0.1) is 0 Å². The average molecular weight is 242 g/mol. The molecule has 3 heteroatoms. The molecule has 0 radical (unpaired) electrons. The van der Waals surface area contributed by atoms with Gasteiger partial charge < -0.3 is 9.84 Å². The second kappa shape index (κ2) is 5.36. The van der Waals surface area contributed by atoms with Crippen molar-refractivity contribution in [3.8, 4) is 0 Å². The lowest BCUT2D eigenvalue weighted by Gasteiger charge is -2.19. The summed E-state index contributed by atoms with van der Waals surface area (Å²) < 4.78 is 5.50. The first-order chi connectivity index (χ1) is 8.92. The molecule has 1 aromatic carbocycles. The van der Waals surface area contributed by atoms with Crippen LogP contribution < -0.4 is 5.32 Å². The summed E-state index contributed by atoms with van der Waals surface area (Å²) in [6.07, 6.45) is 3.16. The van der Waals surface area contributed by atoms with Crippen LogP contribution in [-0.2, 0) is 6.42 Å². The first kappa shape index (κ1) is 11.5. The fourth-order valence-corrected chi connectivity index (χ4v) is 2.52. The smallest absolute Gasteiger partial charge is 0.140 e. The van der Waals surface area contributed by atoms with Crippen LogP contribution in [0, 0.1) is 0 Å². The first-order valence-electron chi connectivity index (χ1n) is 6.62. The Hall–Kier alpha value is -1.61. The Morgan fingerprint density at radius 3 is 2.72 bits per heavy atom. The van der Waals surface area contributed by atoms with Crippen LogP contribution in [0.5, 0.6) is 0 Å². The number of piperidine rings is 1. The SMILES string of the molecule is c1ccc(Cc2cc(C3CCNCC3)on2)cc1. The fraction of sp³-hybridized carbons (Fsp3) is 0.400. The number of hydrogen-bond acceptors (Lipinski definition) is 3. The molecular weight excluding hydrogens is 224 g/mol. The van der Waals surface area contributed by atoms with Crippen molar-refractivity contribution in [2.24, 2.45) is 0 Å². The molecule has 0 spiro atoms. The summed E-state index contributed by atoms with van der Waals surface area (Å²) in [7, 11) is 0. The number of nitrogens with one attached hydrogen (secondary N) is 1. The molecule has 1 aliphatic heterocycles. The van der Waals surface area contributed by atoms with Crippen LogP contribution in [0.1, 0.15) is 35.8 Å². The molecule has 3 nitrogen and oxygen atoms in total. The third-order valence-corrected chi connectivity index (χ3v) is 3.55. The van der Waals surface area contributed by atoms with Crippen LogP contribution in [0.15, 0.2) is 40.9 Å². The van der Waals surface area contributed by atoms with Crippen molar-refractivity contribution in [3.63, 3.8) is 0 Å². The minimum atomic E-state index is 0.545. The summed E-state index contributed by atoms with van der Waals surface area (Å²) in [6.45, 7) is 2.17. The summed E-state index contributed by atoms with van der Waals surface area (Å²) in [5, 5.41) is 7.56. The third-order valence-electron chi connectivity index (χ3n) is 3.55. The topological polar surface area (TPSA) is 38.1 Å². The van der Waals surface area contributed by atoms with Crippen LogP contribution in [-0.4, -0.2) is 18.2 Å². The highest BCUT2D eigenvalue weighted by Crippen LogP contribution is 2.26. The Labute approximate surface area is 107 Å². The molecule has 0 saturated carbocycles. The van der Waals surface area contributed by atoms with Crippen LogP contribution in [0.25, 0.3) is 0 Å². The second-order valence-electron chi connectivity index (χ2n) is 4.91. The minimum absolute atomic E-state index is 0.545. The monoisotopic (exact) mass is 242 g/mol. The van der Waals surface area contributed by atoms with Crippen molar-refractivity contribution in [1.29, 1.82) is 0 Å². The van der Waals surface area contributed by atoms with Gasteiger partial charge in [0, 0.05) is 18.4 Å². The van der Waals surface area contributed by atoms with Crippen molar-refractivity contribution < 1.29 is 4.52 Å². The Morgan fingerprint density at radius 2 is 1.94 bits per heavy atom. The van der Waals surface area contributed by atoms with Crippen molar-refractivity contribution in [1.82, 2.24) is 10.5 Å². The van der Waals surface area contributed by atoms with Crippen molar-refractivity contribution >= 4 is 0 Å². The standard InChI is InChI=1S/C15H18N2O/c1-2-4-12(5-3-1)10-14-11-15(18-17-14)13-6-8-16-9-7-13/h1-5,11,13,16H,6-10H2. The lowest BCUT2D eigenvalue weighted by Crippen LogP contribution is -2.26. The van der Waals surface area contributed by atoms with Gasteiger partial charge in [-0.1, -0.05) is 35.5 Å². The first-order valence-corrected chi connectivity index (χ1v) is 6.62. The molecule has 2 aromatic rings. The zero-order valence-electron chi connectivity index (χ0n) is 10.4. The summed E-state index contributed by atoms with van der Waals surface area (Å²) >= 11 is 0. The van der Waals surface area contributed by atoms with Gasteiger partial charge >= 0.3 is 0 Å². The third kappa shape index (κ3) is 2.62. The zero-order valence-corrected chi connectivity index (χ0v) is 10.4. The molecule has 1 aliphatic rings. The van der Waals surface area contributed by atoms with E-state index in [1.54, 1.807) is 0 Å². The summed E-state index contributed by atoms with van der Waals surface area (Å²) in [6, 6.07) is 12.5. The van der Waals surface area contributed by atoms with Crippen LogP contribution in [0.4, 0.5) is 0 Å². The van der Waals surface area contributed by atoms with E-state index in [9.17, 15) is 0 Å².